The number of aromatic nitrogens is 2. The van der Waals surface area contributed by atoms with Crippen LogP contribution in [0.25, 0.3) is 0 Å². The van der Waals surface area contributed by atoms with E-state index in [1.165, 1.54) is 0 Å². The summed E-state index contributed by atoms with van der Waals surface area (Å²) < 4.78 is 7.21. The first-order valence-corrected chi connectivity index (χ1v) is 7.01. The van der Waals surface area contributed by atoms with E-state index in [2.05, 4.69) is 10.4 Å². The third kappa shape index (κ3) is 2.92. The van der Waals surface area contributed by atoms with Gasteiger partial charge in [-0.15, -0.1) is 0 Å². The molecule has 20 heavy (non-hydrogen) atoms. The van der Waals surface area contributed by atoms with Crippen molar-refractivity contribution in [1.29, 1.82) is 0 Å². The van der Waals surface area contributed by atoms with Crippen molar-refractivity contribution in [2.45, 2.75) is 58.7 Å². The Kier molecular flexibility index (Phi) is 4.27. The predicted molar refractivity (Wildman–Crippen MR) is 76.1 cm³/mol. The van der Waals surface area contributed by atoms with E-state index in [0.717, 1.165) is 12.8 Å². The van der Waals surface area contributed by atoms with Crippen molar-refractivity contribution in [3.05, 3.63) is 15.8 Å². The van der Waals surface area contributed by atoms with Crippen molar-refractivity contribution in [2.75, 3.05) is 11.9 Å². The second-order valence-electron chi connectivity index (χ2n) is 5.63. The van der Waals surface area contributed by atoms with Crippen LogP contribution in [0.2, 0.25) is 0 Å². The standard InChI is InChI=1S/C13H22N4O3/c1-8(2)16-13(12(17(18)19)10(4)15-16)14-11-5-6-20-9(3)7-11/h8-9,11,14H,5-7H2,1-4H3. The molecule has 0 aliphatic carbocycles. The predicted octanol–water partition coefficient (Wildman–Crippen LogP) is 2.66. The highest BCUT2D eigenvalue weighted by Gasteiger charge is 2.29. The molecule has 2 rings (SSSR count). The lowest BCUT2D eigenvalue weighted by Crippen LogP contribution is -2.33. The molecule has 0 radical (unpaired) electrons. The van der Waals surface area contributed by atoms with Crippen LogP contribution in [-0.4, -0.2) is 33.5 Å². The maximum atomic E-state index is 11.3. The number of nitro groups is 1. The number of aryl methyl sites for hydroxylation is 1. The first-order chi connectivity index (χ1) is 9.40. The van der Waals surface area contributed by atoms with E-state index in [4.69, 9.17) is 4.74 Å². The van der Waals surface area contributed by atoms with E-state index in [9.17, 15) is 10.1 Å². The quantitative estimate of drug-likeness (QED) is 0.678. The van der Waals surface area contributed by atoms with Gasteiger partial charge in [-0.05, 0) is 40.5 Å². The van der Waals surface area contributed by atoms with Crippen LogP contribution in [0.4, 0.5) is 11.5 Å². The summed E-state index contributed by atoms with van der Waals surface area (Å²) >= 11 is 0. The lowest BCUT2D eigenvalue weighted by molar-refractivity contribution is -0.384. The molecule has 1 aliphatic heterocycles. The molecule has 1 aromatic rings. The minimum atomic E-state index is -0.355. The molecular weight excluding hydrogens is 260 g/mol. The molecule has 7 heteroatoms. The first kappa shape index (κ1) is 14.8. The van der Waals surface area contributed by atoms with Crippen molar-refractivity contribution in [1.82, 2.24) is 9.78 Å². The summed E-state index contributed by atoms with van der Waals surface area (Å²) in [5.41, 5.74) is 0.532. The highest BCUT2D eigenvalue weighted by molar-refractivity contribution is 5.60. The molecule has 1 aromatic heterocycles. The van der Waals surface area contributed by atoms with Crippen molar-refractivity contribution >= 4 is 11.5 Å². The number of nitrogens with one attached hydrogen (secondary N) is 1. The largest absolute Gasteiger partial charge is 0.378 e. The Hall–Kier alpha value is -1.63. The Morgan fingerprint density at radius 1 is 1.55 bits per heavy atom. The van der Waals surface area contributed by atoms with Crippen LogP contribution >= 0.6 is 0 Å². The van der Waals surface area contributed by atoms with E-state index >= 15 is 0 Å². The van der Waals surface area contributed by atoms with Crippen LogP contribution in [-0.2, 0) is 4.74 Å². The number of ether oxygens (including phenoxy) is 1. The van der Waals surface area contributed by atoms with Crippen LogP contribution in [0, 0.1) is 17.0 Å². The minimum Gasteiger partial charge on any atom is -0.378 e. The van der Waals surface area contributed by atoms with Crippen LogP contribution < -0.4 is 5.32 Å². The second kappa shape index (κ2) is 5.78. The molecule has 7 nitrogen and oxygen atoms in total. The molecule has 1 N–H and O–H groups in total. The van der Waals surface area contributed by atoms with Gasteiger partial charge >= 0.3 is 5.69 Å². The van der Waals surface area contributed by atoms with Gasteiger partial charge in [0.15, 0.2) is 0 Å². The average Bonchev–Trinajstić information content (AvgIpc) is 2.66. The number of hydrogen-bond donors (Lipinski definition) is 1. The van der Waals surface area contributed by atoms with E-state index in [-0.39, 0.29) is 28.8 Å². The van der Waals surface area contributed by atoms with Crippen molar-refractivity contribution in [2.24, 2.45) is 0 Å². The van der Waals surface area contributed by atoms with Crippen molar-refractivity contribution in [3.8, 4) is 0 Å². The zero-order valence-corrected chi connectivity index (χ0v) is 12.4. The topological polar surface area (TPSA) is 82.2 Å². The zero-order chi connectivity index (χ0) is 14.9. The lowest BCUT2D eigenvalue weighted by atomic mass is 10.0. The van der Waals surface area contributed by atoms with Crippen LogP contribution in [0.15, 0.2) is 0 Å². The Balaban J connectivity index is 2.30. The second-order valence-corrected chi connectivity index (χ2v) is 5.63. The maximum Gasteiger partial charge on any atom is 0.333 e. The van der Waals surface area contributed by atoms with Gasteiger partial charge in [-0.3, -0.25) is 10.1 Å². The van der Waals surface area contributed by atoms with Gasteiger partial charge in [-0.25, -0.2) is 4.68 Å². The van der Waals surface area contributed by atoms with Crippen LogP contribution in [0.1, 0.15) is 45.3 Å². The Morgan fingerprint density at radius 2 is 2.25 bits per heavy atom. The summed E-state index contributed by atoms with van der Waals surface area (Å²) in [6.45, 7) is 8.31. The fourth-order valence-corrected chi connectivity index (χ4v) is 2.59. The number of nitrogens with zero attached hydrogens (tertiary/aromatic N) is 3. The number of hydrogen-bond acceptors (Lipinski definition) is 5. The van der Waals surface area contributed by atoms with E-state index in [1.54, 1.807) is 11.6 Å². The van der Waals surface area contributed by atoms with Gasteiger partial charge in [0.05, 0.1) is 11.0 Å². The SMILES string of the molecule is Cc1nn(C(C)C)c(NC2CCOC(C)C2)c1[N+](=O)[O-]. The van der Waals surface area contributed by atoms with E-state index < -0.39 is 0 Å². The molecular formula is C13H22N4O3. The zero-order valence-electron chi connectivity index (χ0n) is 12.4. The Labute approximate surface area is 118 Å². The molecule has 2 heterocycles. The molecule has 0 aromatic carbocycles. The lowest BCUT2D eigenvalue weighted by Gasteiger charge is -2.28. The van der Waals surface area contributed by atoms with Gasteiger partial charge < -0.3 is 10.1 Å². The fourth-order valence-electron chi connectivity index (χ4n) is 2.59. The molecule has 1 fully saturated rings. The normalized spacial score (nSPS) is 23.1. The third-order valence-corrected chi connectivity index (χ3v) is 3.55. The molecule has 2 unspecified atom stereocenters. The van der Waals surface area contributed by atoms with Gasteiger partial charge in [0, 0.05) is 18.7 Å². The highest BCUT2D eigenvalue weighted by atomic mass is 16.6. The van der Waals surface area contributed by atoms with Crippen LogP contribution in [0.3, 0.4) is 0 Å². The average molecular weight is 282 g/mol. The summed E-state index contributed by atoms with van der Waals surface area (Å²) in [7, 11) is 0. The summed E-state index contributed by atoms with van der Waals surface area (Å²) in [5, 5.41) is 18.9. The van der Waals surface area contributed by atoms with Gasteiger partial charge in [-0.2, -0.15) is 5.10 Å². The van der Waals surface area contributed by atoms with Gasteiger partial charge in [-0.1, -0.05) is 0 Å². The molecule has 1 saturated heterocycles. The van der Waals surface area contributed by atoms with Gasteiger partial charge in [0.25, 0.3) is 0 Å². The van der Waals surface area contributed by atoms with Crippen molar-refractivity contribution < 1.29 is 9.66 Å². The molecule has 0 amide bonds. The maximum absolute atomic E-state index is 11.3. The van der Waals surface area contributed by atoms with Gasteiger partial charge in [0.1, 0.15) is 5.69 Å². The summed E-state index contributed by atoms with van der Waals surface area (Å²) in [6.07, 6.45) is 1.88. The third-order valence-electron chi connectivity index (χ3n) is 3.55. The molecule has 112 valence electrons. The van der Waals surface area contributed by atoms with E-state index in [0.29, 0.717) is 18.1 Å². The molecule has 0 spiro atoms. The number of anilines is 1. The first-order valence-electron chi connectivity index (χ1n) is 7.01. The Morgan fingerprint density at radius 3 is 2.80 bits per heavy atom. The smallest absolute Gasteiger partial charge is 0.333 e. The molecule has 0 saturated carbocycles. The number of rotatable bonds is 4. The molecule has 0 bridgehead atoms. The molecule has 1 aliphatic rings. The fraction of sp³-hybridized carbons (Fsp3) is 0.769. The monoisotopic (exact) mass is 282 g/mol. The van der Waals surface area contributed by atoms with E-state index in [1.807, 2.05) is 20.8 Å². The summed E-state index contributed by atoms with van der Waals surface area (Å²) in [4.78, 5) is 10.9. The van der Waals surface area contributed by atoms with Crippen LogP contribution in [0.5, 0.6) is 0 Å². The summed E-state index contributed by atoms with van der Waals surface area (Å²) in [5.74, 6) is 0.515. The minimum absolute atomic E-state index is 0.0714. The summed E-state index contributed by atoms with van der Waals surface area (Å²) in [6, 6.07) is 0.258. The molecule has 2 atom stereocenters. The van der Waals surface area contributed by atoms with Gasteiger partial charge in [0.2, 0.25) is 5.82 Å². The van der Waals surface area contributed by atoms with Crippen molar-refractivity contribution in [3.63, 3.8) is 0 Å². The highest BCUT2D eigenvalue weighted by Crippen LogP contribution is 2.32. The Bertz CT molecular complexity index is 498.